The van der Waals surface area contributed by atoms with Crippen molar-refractivity contribution in [1.29, 1.82) is 0 Å². The number of rotatable bonds is 2. The first kappa shape index (κ1) is 11.7. The number of aromatic nitrogens is 1. The molecule has 0 radical (unpaired) electrons. The third kappa shape index (κ3) is 2.02. The lowest BCUT2D eigenvalue weighted by atomic mass is 10.2. The summed E-state index contributed by atoms with van der Waals surface area (Å²) in [5, 5.41) is 4.25. The van der Waals surface area contributed by atoms with Gasteiger partial charge in [-0.3, -0.25) is 4.79 Å². The van der Waals surface area contributed by atoms with E-state index >= 15 is 0 Å². The van der Waals surface area contributed by atoms with Gasteiger partial charge in [0.05, 0.1) is 16.3 Å². The molecule has 0 fully saturated rings. The number of fused-ring (bicyclic) bond motifs is 1. The van der Waals surface area contributed by atoms with E-state index in [1.807, 2.05) is 6.07 Å². The fourth-order valence-corrected chi connectivity index (χ4v) is 3.24. The molecule has 0 atom stereocenters. The fourth-order valence-electron chi connectivity index (χ4n) is 2.14. The predicted molar refractivity (Wildman–Crippen MR) is 73.5 cm³/mol. The second kappa shape index (κ2) is 4.71. The molecule has 0 saturated heterocycles. The highest BCUT2D eigenvalue weighted by Crippen LogP contribution is 2.32. The predicted octanol–water partition coefficient (Wildman–Crippen LogP) is 3.54. The van der Waals surface area contributed by atoms with E-state index in [0.717, 1.165) is 30.0 Å². The highest BCUT2D eigenvalue weighted by molar-refractivity contribution is 7.10. The largest absolute Gasteiger partial charge is 0.312 e. The Morgan fingerprint density at radius 3 is 3.00 bits per heavy atom. The number of halogens is 1. The fraction of sp³-hybridized carbons (Fsp3) is 0.231. The van der Waals surface area contributed by atoms with Crippen molar-refractivity contribution in [2.24, 2.45) is 0 Å². The average molecular weight is 279 g/mol. The summed E-state index contributed by atoms with van der Waals surface area (Å²) in [4.78, 5) is 12.1. The third-order valence-corrected chi connectivity index (χ3v) is 4.23. The Bertz CT molecular complexity index is 609. The summed E-state index contributed by atoms with van der Waals surface area (Å²) in [6, 6.07) is 7.05. The second-order valence-electron chi connectivity index (χ2n) is 4.22. The Morgan fingerprint density at radius 1 is 1.33 bits per heavy atom. The molecule has 2 aromatic rings. The number of hydrogen-bond acceptors (Lipinski definition) is 3. The molecule has 1 aliphatic rings. The summed E-state index contributed by atoms with van der Waals surface area (Å²) in [5.74, 6) is -0.168. The molecule has 92 valence electrons. The number of anilines is 1. The van der Waals surface area contributed by atoms with Crippen LogP contribution in [0.15, 0.2) is 24.3 Å². The van der Waals surface area contributed by atoms with Gasteiger partial charge < -0.3 is 5.32 Å². The van der Waals surface area contributed by atoms with E-state index in [4.69, 9.17) is 11.6 Å². The molecular formula is C13H11ClN2OS. The minimum absolute atomic E-state index is 0.168. The van der Waals surface area contributed by atoms with Crippen molar-refractivity contribution >= 4 is 34.0 Å². The maximum atomic E-state index is 12.1. The van der Waals surface area contributed by atoms with Gasteiger partial charge in [-0.25, -0.2) is 0 Å². The van der Waals surface area contributed by atoms with Crippen LogP contribution < -0.4 is 5.32 Å². The standard InChI is InChI=1S/C13H11ClN2OS/c14-10-6-2-1-4-8(10)12(17)15-13-9-5-3-7-11(9)16-18-13/h1-2,4,6H,3,5,7H2,(H,15,17). The van der Waals surface area contributed by atoms with E-state index in [9.17, 15) is 4.79 Å². The van der Waals surface area contributed by atoms with Crippen LogP contribution in [0.4, 0.5) is 5.00 Å². The van der Waals surface area contributed by atoms with E-state index in [1.54, 1.807) is 18.2 Å². The lowest BCUT2D eigenvalue weighted by molar-refractivity contribution is 0.102. The Morgan fingerprint density at radius 2 is 2.17 bits per heavy atom. The summed E-state index contributed by atoms with van der Waals surface area (Å²) < 4.78 is 4.36. The Kier molecular flexibility index (Phi) is 3.06. The van der Waals surface area contributed by atoms with Crippen LogP contribution in [0.2, 0.25) is 5.02 Å². The number of nitrogens with one attached hydrogen (secondary N) is 1. The SMILES string of the molecule is O=C(Nc1snc2c1CCC2)c1ccccc1Cl. The summed E-state index contributed by atoms with van der Waals surface area (Å²) in [6.07, 6.45) is 3.15. The summed E-state index contributed by atoms with van der Waals surface area (Å²) in [6.45, 7) is 0. The van der Waals surface area contributed by atoms with Gasteiger partial charge in [-0.2, -0.15) is 4.37 Å². The number of carbonyl (C=O) groups is 1. The molecule has 1 amide bonds. The molecule has 3 rings (SSSR count). The molecule has 0 bridgehead atoms. The zero-order chi connectivity index (χ0) is 12.5. The van der Waals surface area contributed by atoms with Gasteiger partial charge in [0.15, 0.2) is 0 Å². The van der Waals surface area contributed by atoms with Gasteiger partial charge in [0.25, 0.3) is 5.91 Å². The lowest BCUT2D eigenvalue weighted by Gasteiger charge is -2.05. The van der Waals surface area contributed by atoms with Crippen molar-refractivity contribution in [3.8, 4) is 0 Å². The highest BCUT2D eigenvalue weighted by Gasteiger charge is 2.21. The topological polar surface area (TPSA) is 42.0 Å². The first-order valence-corrected chi connectivity index (χ1v) is 6.94. The average Bonchev–Trinajstić information content (AvgIpc) is 2.94. The van der Waals surface area contributed by atoms with Crippen LogP contribution in [0, 0.1) is 0 Å². The summed E-state index contributed by atoms with van der Waals surface area (Å²) in [7, 11) is 0. The Balaban J connectivity index is 1.85. The number of aryl methyl sites for hydroxylation is 1. The van der Waals surface area contributed by atoms with Crippen molar-refractivity contribution in [2.75, 3.05) is 5.32 Å². The molecule has 0 aliphatic heterocycles. The van der Waals surface area contributed by atoms with Gasteiger partial charge in [0.2, 0.25) is 0 Å². The van der Waals surface area contributed by atoms with Crippen LogP contribution in [-0.4, -0.2) is 10.3 Å². The van der Waals surface area contributed by atoms with Gasteiger partial charge >= 0.3 is 0 Å². The zero-order valence-electron chi connectivity index (χ0n) is 9.57. The molecular weight excluding hydrogens is 268 g/mol. The number of nitrogens with zero attached hydrogens (tertiary/aromatic N) is 1. The van der Waals surface area contributed by atoms with Gasteiger partial charge in [0, 0.05) is 5.56 Å². The maximum absolute atomic E-state index is 12.1. The van der Waals surface area contributed by atoms with Crippen LogP contribution in [0.1, 0.15) is 28.0 Å². The molecule has 0 spiro atoms. The van der Waals surface area contributed by atoms with Crippen molar-refractivity contribution < 1.29 is 4.79 Å². The first-order valence-electron chi connectivity index (χ1n) is 5.79. The molecule has 18 heavy (non-hydrogen) atoms. The summed E-state index contributed by atoms with van der Waals surface area (Å²) >= 11 is 7.36. The minimum Gasteiger partial charge on any atom is -0.312 e. The number of amides is 1. The van der Waals surface area contributed by atoms with Crippen molar-refractivity contribution in [3.05, 3.63) is 46.1 Å². The van der Waals surface area contributed by atoms with E-state index in [-0.39, 0.29) is 5.91 Å². The van der Waals surface area contributed by atoms with Crippen molar-refractivity contribution in [3.63, 3.8) is 0 Å². The normalized spacial score (nSPS) is 13.4. The van der Waals surface area contributed by atoms with E-state index in [1.165, 1.54) is 17.1 Å². The van der Waals surface area contributed by atoms with Crippen LogP contribution in [0.3, 0.4) is 0 Å². The minimum atomic E-state index is -0.168. The number of carbonyl (C=O) groups excluding carboxylic acids is 1. The third-order valence-electron chi connectivity index (χ3n) is 3.06. The van der Waals surface area contributed by atoms with Crippen molar-refractivity contribution in [2.45, 2.75) is 19.3 Å². The first-order chi connectivity index (χ1) is 8.75. The molecule has 0 unspecified atom stereocenters. The van der Waals surface area contributed by atoms with Gasteiger partial charge in [-0.1, -0.05) is 23.7 Å². The Labute approximate surface area is 114 Å². The molecule has 0 saturated carbocycles. The molecule has 3 nitrogen and oxygen atoms in total. The van der Waals surface area contributed by atoms with E-state index < -0.39 is 0 Å². The zero-order valence-corrected chi connectivity index (χ0v) is 11.1. The smallest absolute Gasteiger partial charge is 0.257 e. The monoisotopic (exact) mass is 278 g/mol. The van der Waals surface area contributed by atoms with Crippen LogP contribution in [0.5, 0.6) is 0 Å². The lowest BCUT2D eigenvalue weighted by Crippen LogP contribution is -2.12. The van der Waals surface area contributed by atoms with Gasteiger partial charge in [-0.15, -0.1) is 0 Å². The number of benzene rings is 1. The molecule has 1 N–H and O–H groups in total. The second-order valence-corrected chi connectivity index (χ2v) is 5.41. The summed E-state index contributed by atoms with van der Waals surface area (Å²) in [5.41, 5.74) is 2.83. The molecule has 1 aromatic carbocycles. The quantitative estimate of drug-likeness (QED) is 0.913. The Hall–Kier alpha value is -1.39. The van der Waals surface area contributed by atoms with Crippen LogP contribution in [0.25, 0.3) is 0 Å². The number of hydrogen-bond donors (Lipinski definition) is 1. The molecule has 1 aliphatic carbocycles. The van der Waals surface area contributed by atoms with Crippen LogP contribution in [-0.2, 0) is 12.8 Å². The van der Waals surface area contributed by atoms with E-state index in [2.05, 4.69) is 9.69 Å². The maximum Gasteiger partial charge on any atom is 0.257 e. The molecule has 5 heteroatoms. The molecule has 1 aromatic heterocycles. The van der Waals surface area contributed by atoms with Crippen molar-refractivity contribution in [1.82, 2.24) is 4.37 Å². The van der Waals surface area contributed by atoms with E-state index in [0.29, 0.717) is 10.6 Å². The van der Waals surface area contributed by atoms with Crippen LogP contribution >= 0.6 is 23.1 Å². The van der Waals surface area contributed by atoms with Gasteiger partial charge in [-0.05, 0) is 42.9 Å². The molecule has 1 heterocycles. The van der Waals surface area contributed by atoms with Gasteiger partial charge in [0.1, 0.15) is 5.00 Å². The highest BCUT2D eigenvalue weighted by atomic mass is 35.5.